The summed E-state index contributed by atoms with van der Waals surface area (Å²) in [6.07, 6.45) is 1.71. The molecule has 0 saturated carbocycles. The number of aromatic nitrogens is 3. The number of nitrogen functional groups attached to an aromatic ring is 1. The number of hydrogen-bond donors (Lipinski definition) is 1. The highest BCUT2D eigenvalue weighted by Gasteiger charge is 2.14. The van der Waals surface area contributed by atoms with E-state index in [2.05, 4.69) is 23.9 Å². The zero-order valence-corrected chi connectivity index (χ0v) is 11.2. The Morgan fingerprint density at radius 3 is 2.79 bits per heavy atom. The number of hydrogen-bond acceptors (Lipinski definition) is 4. The first kappa shape index (κ1) is 13.3. The fraction of sp³-hybridized carbons (Fsp3) is 0.357. The number of para-hydroxylation sites is 1. The third-order valence-electron chi connectivity index (χ3n) is 2.81. The molecular formula is C14H18N4O. The van der Waals surface area contributed by atoms with E-state index in [1.165, 1.54) is 6.33 Å². The number of carbonyl (C=O) groups is 1. The van der Waals surface area contributed by atoms with Gasteiger partial charge in [-0.15, -0.1) is 0 Å². The van der Waals surface area contributed by atoms with Crippen LogP contribution in [0.5, 0.6) is 0 Å². The minimum absolute atomic E-state index is 0.0314. The smallest absolute Gasteiger partial charge is 0.172 e. The van der Waals surface area contributed by atoms with Crippen LogP contribution in [0.2, 0.25) is 0 Å². The molecule has 19 heavy (non-hydrogen) atoms. The molecule has 1 heterocycles. The van der Waals surface area contributed by atoms with E-state index >= 15 is 0 Å². The van der Waals surface area contributed by atoms with E-state index in [1.54, 1.807) is 16.8 Å². The third-order valence-corrected chi connectivity index (χ3v) is 2.81. The SMILES string of the molecule is CC(C)Cn1ncnc1CC(=O)c1ccccc1N. The summed E-state index contributed by atoms with van der Waals surface area (Å²) in [6, 6.07) is 7.09. The van der Waals surface area contributed by atoms with Gasteiger partial charge in [-0.25, -0.2) is 9.67 Å². The van der Waals surface area contributed by atoms with Crippen molar-refractivity contribution in [2.45, 2.75) is 26.8 Å². The molecule has 5 heteroatoms. The van der Waals surface area contributed by atoms with Crippen LogP contribution in [0.15, 0.2) is 30.6 Å². The zero-order chi connectivity index (χ0) is 13.8. The molecule has 1 aromatic heterocycles. The lowest BCUT2D eigenvalue weighted by Gasteiger charge is -2.08. The molecule has 1 aromatic carbocycles. The summed E-state index contributed by atoms with van der Waals surface area (Å²) in [5.74, 6) is 1.11. The van der Waals surface area contributed by atoms with Crippen molar-refractivity contribution in [1.29, 1.82) is 0 Å². The van der Waals surface area contributed by atoms with Gasteiger partial charge < -0.3 is 5.73 Å². The molecule has 0 aliphatic heterocycles. The van der Waals surface area contributed by atoms with E-state index in [1.807, 2.05) is 12.1 Å². The first-order valence-electron chi connectivity index (χ1n) is 6.32. The molecule has 0 aliphatic rings. The summed E-state index contributed by atoms with van der Waals surface area (Å²) in [7, 11) is 0. The average molecular weight is 258 g/mol. The number of nitrogens with zero attached hydrogens (tertiary/aromatic N) is 3. The maximum Gasteiger partial charge on any atom is 0.172 e. The van der Waals surface area contributed by atoms with Gasteiger partial charge in [0.15, 0.2) is 5.78 Å². The van der Waals surface area contributed by atoms with Gasteiger partial charge in [0.2, 0.25) is 0 Å². The standard InChI is InChI=1S/C14H18N4O/c1-10(2)8-18-14(16-9-17-18)7-13(19)11-5-3-4-6-12(11)15/h3-6,9-10H,7-8,15H2,1-2H3. The number of ketones is 1. The van der Waals surface area contributed by atoms with Crippen molar-refractivity contribution in [2.24, 2.45) is 5.92 Å². The van der Waals surface area contributed by atoms with Gasteiger partial charge in [-0.2, -0.15) is 5.10 Å². The van der Waals surface area contributed by atoms with Crippen LogP contribution in [0.4, 0.5) is 5.69 Å². The minimum Gasteiger partial charge on any atom is -0.398 e. The predicted octanol–water partition coefficient (Wildman–Crippen LogP) is 1.94. The summed E-state index contributed by atoms with van der Waals surface area (Å²) in [5, 5.41) is 4.15. The normalized spacial score (nSPS) is 10.9. The molecule has 2 aromatic rings. The van der Waals surface area contributed by atoms with E-state index in [-0.39, 0.29) is 12.2 Å². The van der Waals surface area contributed by atoms with Crippen LogP contribution < -0.4 is 5.73 Å². The Labute approximate surface area is 112 Å². The van der Waals surface area contributed by atoms with Crippen LogP contribution in [0.3, 0.4) is 0 Å². The highest BCUT2D eigenvalue weighted by Crippen LogP contribution is 2.13. The van der Waals surface area contributed by atoms with Crippen LogP contribution in [-0.4, -0.2) is 20.5 Å². The highest BCUT2D eigenvalue weighted by atomic mass is 16.1. The summed E-state index contributed by atoms with van der Waals surface area (Å²) in [4.78, 5) is 16.4. The van der Waals surface area contributed by atoms with Gasteiger partial charge >= 0.3 is 0 Å². The van der Waals surface area contributed by atoms with Crippen molar-refractivity contribution in [2.75, 3.05) is 5.73 Å². The molecule has 5 nitrogen and oxygen atoms in total. The first-order valence-corrected chi connectivity index (χ1v) is 6.32. The van der Waals surface area contributed by atoms with Crippen LogP contribution in [0.1, 0.15) is 30.0 Å². The quantitative estimate of drug-likeness (QED) is 0.657. The van der Waals surface area contributed by atoms with Gasteiger partial charge in [-0.3, -0.25) is 4.79 Å². The van der Waals surface area contributed by atoms with Crippen molar-refractivity contribution in [3.05, 3.63) is 42.0 Å². The molecule has 0 bridgehead atoms. The Morgan fingerprint density at radius 1 is 1.37 bits per heavy atom. The van der Waals surface area contributed by atoms with Crippen LogP contribution >= 0.6 is 0 Å². The summed E-state index contributed by atoms with van der Waals surface area (Å²) < 4.78 is 1.78. The Morgan fingerprint density at radius 2 is 2.11 bits per heavy atom. The monoisotopic (exact) mass is 258 g/mol. The molecule has 0 atom stereocenters. The topological polar surface area (TPSA) is 73.8 Å². The third kappa shape index (κ3) is 3.19. The Balaban J connectivity index is 2.16. The summed E-state index contributed by atoms with van der Waals surface area (Å²) >= 11 is 0. The fourth-order valence-corrected chi connectivity index (χ4v) is 1.91. The molecular weight excluding hydrogens is 240 g/mol. The molecule has 0 fully saturated rings. The summed E-state index contributed by atoms with van der Waals surface area (Å²) in [5.41, 5.74) is 6.85. The maximum absolute atomic E-state index is 12.2. The maximum atomic E-state index is 12.2. The number of anilines is 1. The van der Waals surface area contributed by atoms with Gasteiger partial charge in [0.05, 0.1) is 6.42 Å². The van der Waals surface area contributed by atoms with Crippen molar-refractivity contribution in [3.63, 3.8) is 0 Å². The molecule has 0 saturated heterocycles. The second kappa shape index (κ2) is 5.65. The lowest BCUT2D eigenvalue weighted by molar-refractivity contribution is 0.0990. The number of Topliss-reactive ketones (excluding diaryl/α,β-unsaturated/α-hetero) is 1. The Kier molecular flexibility index (Phi) is 3.94. The van der Waals surface area contributed by atoms with Gasteiger partial charge in [0, 0.05) is 17.8 Å². The molecule has 2 N–H and O–H groups in total. The van der Waals surface area contributed by atoms with Crippen molar-refractivity contribution in [3.8, 4) is 0 Å². The molecule has 0 unspecified atom stereocenters. The van der Waals surface area contributed by atoms with Crippen LogP contribution in [-0.2, 0) is 13.0 Å². The molecule has 100 valence electrons. The molecule has 2 rings (SSSR count). The number of carbonyl (C=O) groups excluding carboxylic acids is 1. The number of benzene rings is 1. The second-order valence-corrected chi connectivity index (χ2v) is 4.94. The Bertz CT molecular complexity index is 574. The van der Waals surface area contributed by atoms with Gasteiger partial charge in [0.25, 0.3) is 0 Å². The van der Waals surface area contributed by atoms with E-state index in [4.69, 9.17) is 5.73 Å². The van der Waals surface area contributed by atoms with E-state index in [0.717, 1.165) is 6.54 Å². The molecule has 0 spiro atoms. The van der Waals surface area contributed by atoms with Crippen molar-refractivity contribution in [1.82, 2.24) is 14.8 Å². The molecule has 0 radical (unpaired) electrons. The zero-order valence-electron chi connectivity index (χ0n) is 11.2. The number of rotatable bonds is 5. The fourth-order valence-electron chi connectivity index (χ4n) is 1.91. The average Bonchev–Trinajstić information content (AvgIpc) is 2.76. The van der Waals surface area contributed by atoms with Crippen molar-refractivity contribution < 1.29 is 4.79 Å². The highest BCUT2D eigenvalue weighted by molar-refractivity contribution is 6.01. The van der Waals surface area contributed by atoms with Crippen LogP contribution in [0, 0.1) is 5.92 Å². The minimum atomic E-state index is -0.0314. The predicted molar refractivity (Wildman–Crippen MR) is 73.7 cm³/mol. The van der Waals surface area contributed by atoms with Crippen LogP contribution in [0.25, 0.3) is 0 Å². The molecule has 0 amide bonds. The van der Waals surface area contributed by atoms with Gasteiger partial charge in [0.1, 0.15) is 12.2 Å². The second-order valence-electron chi connectivity index (χ2n) is 4.94. The van der Waals surface area contributed by atoms with Gasteiger partial charge in [-0.05, 0) is 18.1 Å². The Hall–Kier alpha value is -2.17. The van der Waals surface area contributed by atoms with Crippen molar-refractivity contribution >= 4 is 11.5 Å². The van der Waals surface area contributed by atoms with Gasteiger partial charge in [-0.1, -0.05) is 26.0 Å². The summed E-state index contributed by atoms with van der Waals surface area (Å²) in [6.45, 7) is 4.96. The number of nitrogens with two attached hydrogens (primary N) is 1. The lowest BCUT2D eigenvalue weighted by atomic mass is 10.1. The van der Waals surface area contributed by atoms with E-state index < -0.39 is 0 Å². The molecule has 0 aliphatic carbocycles. The lowest BCUT2D eigenvalue weighted by Crippen LogP contribution is -2.15. The van der Waals surface area contributed by atoms with E-state index in [9.17, 15) is 4.79 Å². The van der Waals surface area contributed by atoms with E-state index in [0.29, 0.717) is 23.0 Å². The largest absolute Gasteiger partial charge is 0.398 e. The first-order chi connectivity index (χ1) is 9.08.